The number of guanidine groups is 1. The number of hydrogen-bond acceptors (Lipinski definition) is 5. The van der Waals surface area contributed by atoms with Gasteiger partial charge in [0.2, 0.25) is 11.9 Å². The Morgan fingerprint density at radius 3 is 2.58 bits per heavy atom. The van der Waals surface area contributed by atoms with Crippen LogP contribution >= 0.6 is 0 Å². The van der Waals surface area contributed by atoms with Crippen LogP contribution in [0.1, 0.15) is 104 Å². The number of rotatable bonds is 8. The molecule has 0 fully saturated rings. The summed E-state index contributed by atoms with van der Waals surface area (Å²) in [6.45, 7) is 13.2. The Bertz CT molecular complexity index is 1600. The van der Waals surface area contributed by atoms with Crippen LogP contribution in [-0.2, 0) is 10.7 Å². The minimum absolute atomic E-state index is 0.0672. The molecule has 0 radical (unpaired) electrons. The zero-order chi connectivity index (χ0) is 32.7. The molecular weight excluding hydrogens is 582 g/mol. The summed E-state index contributed by atoms with van der Waals surface area (Å²) in [5.74, 6) is -4.00. The summed E-state index contributed by atoms with van der Waals surface area (Å²) >= 11 is 0. The molecule has 0 unspecified atom stereocenters. The van der Waals surface area contributed by atoms with Crippen molar-refractivity contribution in [2.24, 2.45) is 4.99 Å². The Morgan fingerprint density at radius 2 is 1.91 bits per heavy atom. The lowest BCUT2D eigenvalue weighted by Gasteiger charge is -2.40. The van der Waals surface area contributed by atoms with Crippen LogP contribution in [-0.4, -0.2) is 45.0 Å². The summed E-state index contributed by atoms with van der Waals surface area (Å²) < 4.78 is 37.0. The third-order valence-electron chi connectivity index (χ3n) is 8.87. The van der Waals surface area contributed by atoms with E-state index in [1.54, 1.807) is 12.2 Å². The van der Waals surface area contributed by atoms with Crippen molar-refractivity contribution < 1.29 is 33.0 Å². The maximum absolute atomic E-state index is 15.4. The van der Waals surface area contributed by atoms with Crippen molar-refractivity contribution in [1.29, 1.82) is 0 Å². The highest BCUT2D eigenvalue weighted by Gasteiger charge is 2.52. The number of halogens is 2. The van der Waals surface area contributed by atoms with Gasteiger partial charge in [-0.15, -0.1) is 6.58 Å². The van der Waals surface area contributed by atoms with Crippen LogP contribution < -0.4 is 15.4 Å². The molecule has 0 bridgehead atoms. The van der Waals surface area contributed by atoms with Gasteiger partial charge in [0, 0.05) is 29.5 Å². The number of aliphatic imine (C=N–C) groups is 1. The molecule has 9 nitrogen and oxygen atoms in total. The van der Waals surface area contributed by atoms with E-state index in [9.17, 15) is 19.5 Å². The van der Waals surface area contributed by atoms with Crippen molar-refractivity contribution in [2.75, 3.05) is 0 Å². The fourth-order valence-electron chi connectivity index (χ4n) is 6.58. The first-order chi connectivity index (χ1) is 21.2. The molecule has 2 aromatic rings. The normalized spacial score (nSPS) is 24.4. The van der Waals surface area contributed by atoms with Gasteiger partial charge in [-0.2, -0.15) is 0 Å². The largest absolute Gasteiger partial charge is 0.487 e. The molecule has 3 aliphatic rings. The van der Waals surface area contributed by atoms with E-state index < -0.39 is 53.5 Å². The average Bonchev–Trinajstić information content (AvgIpc) is 3.24. The van der Waals surface area contributed by atoms with Crippen LogP contribution in [0.2, 0.25) is 0 Å². The molecular formula is C34H38F2N4O5. The first-order valence-corrected chi connectivity index (χ1v) is 15.0. The highest BCUT2D eigenvalue weighted by molar-refractivity contribution is 6.05. The molecule has 238 valence electrons. The van der Waals surface area contributed by atoms with Gasteiger partial charge < -0.3 is 15.2 Å². The smallest absolute Gasteiger partial charge is 0.411 e. The molecule has 1 aliphatic carbocycles. The quantitative estimate of drug-likeness (QED) is 0.278. The summed E-state index contributed by atoms with van der Waals surface area (Å²) in [6.07, 6.45) is 2.94. The highest BCUT2D eigenvalue weighted by Crippen LogP contribution is 2.51. The van der Waals surface area contributed by atoms with E-state index in [0.717, 1.165) is 16.0 Å². The lowest BCUT2D eigenvalue weighted by atomic mass is 9.85. The summed E-state index contributed by atoms with van der Waals surface area (Å²) in [4.78, 5) is 44.8. The van der Waals surface area contributed by atoms with Gasteiger partial charge in [-0.25, -0.2) is 18.6 Å². The second kappa shape index (κ2) is 11.8. The number of ether oxygens (including phenoxy) is 1. The first-order valence-electron chi connectivity index (χ1n) is 15.0. The number of carbonyl (C=O) groups excluding carboxylic acids is 2. The number of alkyl halides is 2. The molecule has 0 saturated carbocycles. The predicted molar refractivity (Wildman–Crippen MR) is 166 cm³/mol. The molecule has 0 saturated heterocycles. The Morgan fingerprint density at radius 1 is 1.16 bits per heavy atom. The second-order valence-corrected chi connectivity index (χ2v) is 12.5. The molecule has 3 atom stereocenters. The van der Waals surface area contributed by atoms with E-state index in [-0.39, 0.29) is 29.1 Å². The van der Waals surface area contributed by atoms with Crippen LogP contribution in [0.3, 0.4) is 0 Å². The van der Waals surface area contributed by atoms with Crippen LogP contribution in [0, 0.1) is 0 Å². The van der Waals surface area contributed by atoms with E-state index >= 15 is 8.78 Å². The van der Waals surface area contributed by atoms with Crippen molar-refractivity contribution in [3.63, 3.8) is 0 Å². The Hall–Kier alpha value is -4.54. The van der Waals surface area contributed by atoms with Gasteiger partial charge in [0.15, 0.2) is 0 Å². The van der Waals surface area contributed by atoms with Crippen LogP contribution in [0.25, 0.3) is 6.08 Å². The maximum atomic E-state index is 15.4. The van der Waals surface area contributed by atoms with Crippen LogP contribution in [0.4, 0.5) is 13.6 Å². The molecule has 0 spiro atoms. The average molecular weight is 621 g/mol. The fraction of sp³-hybridized carbons (Fsp3) is 0.412. The number of carbonyl (C=O) groups is 3. The minimum Gasteiger partial charge on any atom is -0.487 e. The number of carboxylic acid groups (broad SMARTS) is 1. The topological polar surface area (TPSA) is 120 Å². The Balaban J connectivity index is 1.50. The van der Waals surface area contributed by atoms with Crippen molar-refractivity contribution in [3.05, 3.63) is 83.4 Å². The predicted octanol–water partition coefficient (Wildman–Crippen LogP) is 6.87. The lowest BCUT2D eigenvalue weighted by molar-refractivity contribution is -0.132. The van der Waals surface area contributed by atoms with E-state index in [0.29, 0.717) is 31.4 Å². The summed E-state index contributed by atoms with van der Waals surface area (Å²) in [6, 6.07) is 7.84. The number of amides is 3. The number of benzene rings is 2. The second-order valence-electron chi connectivity index (χ2n) is 12.5. The Kier molecular flexibility index (Phi) is 8.33. The number of fused-ring (bicyclic) bond motifs is 2. The number of nitrogens with zero attached hydrogens (tertiary/aromatic N) is 2. The number of nitrogens with one attached hydrogen (secondary N) is 2. The van der Waals surface area contributed by atoms with E-state index in [1.807, 2.05) is 39.0 Å². The van der Waals surface area contributed by atoms with Crippen molar-refractivity contribution in [3.8, 4) is 5.75 Å². The first kappa shape index (κ1) is 31.9. The van der Waals surface area contributed by atoms with Gasteiger partial charge in [0.1, 0.15) is 11.4 Å². The fourth-order valence-corrected chi connectivity index (χ4v) is 6.58. The zero-order valence-electron chi connectivity index (χ0n) is 25.7. The van der Waals surface area contributed by atoms with Gasteiger partial charge in [-0.05, 0) is 68.5 Å². The summed E-state index contributed by atoms with van der Waals surface area (Å²) in [5.41, 5.74) is 0.0357. The van der Waals surface area contributed by atoms with Crippen molar-refractivity contribution in [2.45, 2.75) is 88.4 Å². The molecule has 45 heavy (non-hydrogen) atoms. The maximum Gasteiger partial charge on any atom is 0.411 e. The van der Waals surface area contributed by atoms with Gasteiger partial charge in [0.25, 0.3) is 11.8 Å². The van der Waals surface area contributed by atoms with Crippen molar-refractivity contribution >= 4 is 29.9 Å². The van der Waals surface area contributed by atoms with Gasteiger partial charge in [0.05, 0.1) is 24.0 Å². The van der Waals surface area contributed by atoms with Crippen LogP contribution in [0.15, 0.2) is 60.6 Å². The SMILES string of the molecule is C=CCC[C@]1(CC)CC(=O)N([C@@H]2CC(F)(F)c3ccc(C(=O)N[C@H]4CC(C)(C)Oc5ccc(C=C)cc54)cc32)C(NC(=O)O)=N1. The Labute approximate surface area is 261 Å². The summed E-state index contributed by atoms with van der Waals surface area (Å²) in [7, 11) is 0. The van der Waals surface area contributed by atoms with E-state index in [1.165, 1.54) is 18.2 Å². The number of hydrogen-bond donors (Lipinski definition) is 3. The van der Waals surface area contributed by atoms with Gasteiger partial charge in [-0.1, -0.05) is 37.8 Å². The highest BCUT2D eigenvalue weighted by atomic mass is 19.3. The molecule has 5 rings (SSSR count). The third-order valence-corrected chi connectivity index (χ3v) is 8.87. The molecule has 3 N–H and O–H groups in total. The van der Waals surface area contributed by atoms with Crippen molar-refractivity contribution in [1.82, 2.24) is 15.5 Å². The lowest BCUT2D eigenvalue weighted by Crippen LogP contribution is -2.55. The molecule has 2 aromatic carbocycles. The van der Waals surface area contributed by atoms with E-state index in [2.05, 4.69) is 28.8 Å². The number of allylic oxidation sites excluding steroid dienone is 1. The van der Waals surface area contributed by atoms with Gasteiger partial charge >= 0.3 is 6.09 Å². The van der Waals surface area contributed by atoms with E-state index in [4.69, 9.17) is 4.74 Å². The zero-order valence-corrected chi connectivity index (χ0v) is 25.7. The van der Waals surface area contributed by atoms with Crippen LogP contribution in [0.5, 0.6) is 5.75 Å². The molecule has 0 aromatic heterocycles. The minimum atomic E-state index is -3.32. The molecule has 3 amide bonds. The summed E-state index contributed by atoms with van der Waals surface area (Å²) in [5, 5.41) is 14.8. The molecule has 2 aliphatic heterocycles. The standard InChI is InChI=1S/C34H38F2N4O5/c1-6-9-14-33(8-3)19-28(41)40(30(39-33)38-31(43)44)26-18-34(35,36)24-12-11-21(16-22(24)26)29(42)37-25-17-32(4,5)45-27-13-10-20(7-2)15-23(25)27/h6-7,10-13,15-16,25-26H,1-2,8-9,14,17-19H2,3-5H3,(H,37,42)(H,38,39)(H,43,44)/t25-,26+,33+/m0/s1. The van der Waals surface area contributed by atoms with Gasteiger partial charge in [-0.3, -0.25) is 19.8 Å². The molecule has 2 heterocycles. The monoisotopic (exact) mass is 620 g/mol. The third kappa shape index (κ3) is 6.21. The molecule has 11 heteroatoms.